The summed E-state index contributed by atoms with van der Waals surface area (Å²) >= 11 is 0. The number of ether oxygens (including phenoxy) is 1. The Hall–Kier alpha value is -2.97. The number of nitrogens with zero attached hydrogens (tertiary/aromatic N) is 3. The number of pyridine rings is 1. The summed E-state index contributed by atoms with van der Waals surface area (Å²) in [5.41, 5.74) is 4.69. The monoisotopic (exact) mass is 438 g/mol. The molecule has 1 N–H and O–H groups in total. The number of methoxy groups -OCH3 is 1. The molecule has 31 heavy (non-hydrogen) atoms. The summed E-state index contributed by atoms with van der Waals surface area (Å²) in [5, 5.41) is 6.60. The second-order valence-electron chi connectivity index (χ2n) is 7.58. The lowest BCUT2D eigenvalue weighted by Crippen LogP contribution is -2.35. The summed E-state index contributed by atoms with van der Waals surface area (Å²) in [6.45, 7) is 3.06. The van der Waals surface area contributed by atoms with Crippen molar-refractivity contribution in [2.24, 2.45) is 5.10 Å². The maximum Gasteiger partial charge on any atom is 0.244 e. The van der Waals surface area contributed by atoms with Crippen molar-refractivity contribution in [3.05, 3.63) is 60.3 Å². The quantitative estimate of drug-likeness (QED) is 0.459. The first-order chi connectivity index (χ1) is 15.0. The Labute approximate surface area is 182 Å². The van der Waals surface area contributed by atoms with Crippen LogP contribution in [0.3, 0.4) is 0 Å². The van der Waals surface area contributed by atoms with Crippen molar-refractivity contribution in [3.63, 3.8) is 0 Å². The summed E-state index contributed by atoms with van der Waals surface area (Å²) in [7, 11) is -1.83. The number of hydrogen-bond donors (Lipinski definition) is 1. The van der Waals surface area contributed by atoms with Crippen LogP contribution in [0.4, 0.5) is 5.82 Å². The molecule has 1 aromatic heterocycles. The molecule has 0 unspecified atom stereocenters. The van der Waals surface area contributed by atoms with Gasteiger partial charge in [0.05, 0.1) is 12.8 Å². The molecule has 1 aliphatic rings. The van der Waals surface area contributed by atoms with E-state index in [2.05, 4.69) is 21.6 Å². The molecule has 0 atom stereocenters. The molecule has 0 saturated carbocycles. The fourth-order valence-electron chi connectivity index (χ4n) is 3.63. The smallest absolute Gasteiger partial charge is 0.244 e. The number of benzene rings is 2. The number of fused-ring (bicyclic) bond motifs is 1. The van der Waals surface area contributed by atoms with Crippen LogP contribution in [-0.2, 0) is 10.0 Å². The standard InChI is InChI=1S/C23H26N4O3S/c1-17(18-6-7-20-15-21(30-2)9-8-19(20)14-18)25-26-23-11-10-22(16-24-23)31(28,29)27-12-4-3-5-13-27/h6-11,14-16H,3-5,12-13H2,1-2H3,(H,24,26). The number of rotatable bonds is 6. The van der Waals surface area contributed by atoms with E-state index in [0.717, 1.165) is 47.1 Å². The minimum Gasteiger partial charge on any atom is -0.497 e. The summed E-state index contributed by atoms with van der Waals surface area (Å²) in [6, 6.07) is 15.3. The van der Waals surface area contributed by atoms with Crippen LogP contribution in [-0.4, -0.2) is 43.6 Å². The van der Waals surface area contributed by atoms with Gasteiger partial charge in [-0.3, -0.25) is 5.43 Å². The molecular weight excluding hydrogens is 412 g/mol. The van der Waals surface area contributed by atoms with Gasteiger partial charge in [-0.15, -0.1) is 0 Å². The Balaban J connectivity index is 1.47. The predicted molar refractivity (Wildman–Crippen MR) is 123 cm³/mol. The van der Waals surface area contributed by atoms with Crippen molar-refractivity contribution in [2.45, 2.75) is 31.1 Å². The first-order valence-corrected chi connectivity index (χ1v) is 11.8. The Morgan fingerprint density at radius 3 is 2.48 bits per heavy atom. The van der Waals surface area contributed by atoms with E-state index in [0.29, 0.717) is 18.9 Å². The Morgan fingerprint density at radius 1 is 1.03 bits per heavy atom. The van der Waals surface area contributed by atoms with E-state index in [1.54, 1.807) is 19.2 Å². The summed E-state index contributed by atoms with van der Waals surface area (Å²) < 4.78 is 32.3. The molecule has 2 aromatic carbocycles. The largest absolute Gasteiger partial charge is 0.497 e. The van der Waals surface area contributed by atoms with Crippen molar-refractivity contribution in [3.8, 4) is 5.75 Å². The van der Waals surface area contributed by atoms with Gasteiger partial charge in [-0.2, -0.15) is 9.41 Å². The molecule has 0 spiro atoms. The van der Waals surface area contributed by atoms with Crippen LogP contribution in [0.25, 0.3) is 10.8 Å². The summed E-state index contributed by atoms with van der Waals surface area (Å²) in [5.74, 6) is 1.31. The molecule has 0 bridgehead atoms. The van der Waals surface area contributed by atoms with Crippen molar-refractivity contribution < 1.29 is 13.2 Å². The van der Waals surface area contributed by atoms with Crippen LogP contribution in [0.2, 0.25) is 0 Å². The van der Waals surface area contributed by atoms with Crippen molar-refractivity contribution in [2.75, 3.05) is 25.6 Å². The van der Waals surface area contributed by atoms with Gasteiger partial charge in [-0.05, 0) is 66.4 Å². The molecule has 8 heteroatoms. The Morgan fingerprint density at radius 2 is 1.77 bits per heavy atom. The lowest BCUT2D eigenvalue weighted by Gasteiger charge is -2.25. The van der Waals surface area contributed by atoms with Gasteiger partial charge >= 0.3 is 0 Å². The van der Waals surface area contributed by atoms with E-state index in [1.807, 2.05) is 37.3 Å². The third-order valence-electron chi connectivity index (χ3n) is 5.49. The second-order valence-corrected chi connectivity index (χ2v) is 9.52. The SMILES string of the molecule is COc1ccc2cc(C(C)=NNc3ccc(S(=O)(=O)N4CCCCC4)cn3)ccc2c1. The first-order valence-electron chi connectivity index (χ1n) is 10.3. The van der Waals surface area contributed by atoms with Crippen LogP contribution in [0.15, 0.2) is 64.7 Å². The third kappa shape index (κ3) is 4.70. The highest BCUT2D eigenvalue weighted by molar-refractivity contribution is 7.89. The predicted octanol–water partition coefficient (Wildman–Crippen LogP) is 4.25. The number of sulfonamides is 1. The number of piperidine rings is 1. The van der Waals surface area contributed by atoms with Crippen LogP contribution < -0.4 is 10.2 Å². The molecule has 0 radical (unpaired) electrons. The fraction of sp³-hybridized carbons (Fsp3) is 0.304. The first kappa shape index (κ1) is 21.3. The molecule has 1 aliphatic heterocycles. The highest BCUT2D eigenvalue weighted by Crippen LogP contribution is 2.23. The summed E-state index contributed by atoms with van der Waals surface area (Å²) in [6.07, 6.45) is 4.28. The molecule has 3 aromatic rings. The Bertz CT molecular complexity index is 1200. The maximum atomic E-state index is 12.7. The highest BCUT2D eigenvalue weighted by Gasteiger charge is 2.26. The molecular formula is C23H26N4O3S. The molecule has 0 aliphatic carbocycles. The zero-order chi connectivity index (χ0) is 21.8. The van der Waals surface area contributed by atoms with Gasteiger partial charge in [-0.25, -0.2) is 13.4 Å². The maximum absolute atomic E-state index is 12.7. The number of anilines is 1. The van der Waals surface area contributed by atoms with Gasteiger partial charge in [0.2, 0.25) is 10.0 Å². The molecule has 7 nitrogen and oxygen atoms in total. The molecule has 1 saturated heterocycles. The van der Waals surface area contributed by atoms with Crippen molar-refractivity contribution >= 4 is 32.3 Å². The van der Waals surface area contributed by atoms with Gasteiger partial charge in [0.15, 0.2) is 0 Å². The average molecular weight is 439 g/mol. The van der Waals surface area contributed by atoms with Gasteiger partial charge in [-0.1, -0.05) is 24.6 Å². The molecule has 162 valence electrons. The van der Waals surface area contributed by atoms with Gasteiger partial charge in [0, 0.05) is 19.3 Å². The molecule has 4 rings (SSSR count). The van der Waals surface area contributed by atoms with Gasteiger partial charge in [0.1, 0.15) is 16.5 Å². The molecule has 0 amide bonds. The number of aromatic nitrogens is 1. The zero-order valence-electron chi connectivity index (χ0n) is 17.7. The van der Waals surface area contributed by atoms with E-state index in [1.165, 1.54) is 10.5 Å². The minimum absolute atomic E-state index is 0.214. The normalized spacial score (nSPS) is 15.7. The lowest BCUT2D eigenvalue weighted by atomic mass is 10.0. The van der Waals surface area contributed by atoms with Crippen molar-refractivity contribution in [1.29, 1.82) is 0 Å². The lowest BCUT2D eigenvalue weighted by molar-refractivity contribution is 0.346. The highest BCUT2D eigenvalue weighted by atomic mass is 32.2. The van der Waals surface area contributed by atoms with E-state index in [9.17, 15) is 8.42 Å². The van der Waals surface area contributed by atoms with Crippen molar-refractivity contribution in [1.82, 2.24) is 9.29 Å². The number of nitrogens with one attached hydrogen (secondary N) is 1. The zero-order valence-corrected chi connectivity index (χ0v) is 18.5. The van der Waals surface area contributed by atoms with E-state index in [-0.39, 0.29) is 4.90 Å². The molecule has 2 heterocycles. The van der Waals surface area contributed by atoms with E-state index >= 15 is 0 Å². The van der Waals surface area contributed by atoms with Gasteiger partial charge in [0.25, 0.3) is 0 Å². The topological polar surface area (TPSA) is 83.9 Å². The van der Waals surface area contributed by atoms with Crippen LogP contribution in [0.5, 0.6) is 5.75 Å². The summed E-state index contributed by atoms with van der Waals surface area (Å²) in [4.78, 5) is 4.45. The fourth-order valence-corrected chi connectivity index (χ4v) is 5.10. The third-order valence-corrected chi connectivity index (χ3v) is 7.37. The van der Waals surface area contributed by atoms with Crippen LogP contribution >= 0.6 is 0 Å². The average Bonchev–Trinajstić information content (AvgIpc) is 2.82. The Kier molecular flexibility index (Phi) is 6.20. The van der Waals surface area contributed by atoms with E-state index < -0.39 is 10.0 Å². The van der Waals surface area contributed by atoms with E-state index in [4.69, 9.17) is 4.74 Å². The minimum atomic E-state index is -3.48. The van der Waals surface area contributed by atoms with Gasteiger partial charge < -0.3 is 4.74 Å². The second kappa shape index (κ2) is 9.03. The molecule has 1 fully saturated rings. The number of hydrogen-bond acceptors (Lipinski definition) is 6. The van der Waals surface area contributed by atoms with Crippen LogP contribution in [0, 0.1) is 0 Å². The van der Waals surface area contributed by atoms with Crippen LogP contribution in [0.1, 0.15) is 31.7 Å². The number of hydrazone groups is 1.